The number of fused-ring (bicyclic) bond motifs is 1. The van der Waals surface area contributed by atoms with Crippen LogP contribution in [-0.4, -0.2) is 33.1 Å². The summed E-state index contributed by atoms with van der Waals surface area (Å²) in [5, 5.41) is 30.3. The molecule has 0 aromatic rings. The highest BCUT2D eigenvalue weighted by Gasteiger charge is 2.50. The van der Waals surface area contributed by atoms with Crippen molar-refractivity contribution in [2.24, 2.45) is 23.2 Å². The van der Waals surface area contributed by atoms with Gasteiger partial charge in [-0.15, -0.1) is 0 Å². The lowest BCUT2D eigenvalue weighted by molar-refractivity contribution is 0.0461. The lowest BCUT2D eigenvalue weighted by Gasteiger charge is -2.44. The molecular formula is C26H42O3. The Hall–Kier alpha value is -0.900. The molecule has 3 fully saturated rings. The van der Waals surface area contributed by atoms with E-state index in [1.165, 1.54) is 25.7 Å². The van der Waals surface area contributed by atoms with Crippen LogP contribution in [0.15, 0.2) is 35.5 Å². The average Bonchev–Trinajstić information content (AvgIpc) is 2.98. The maximum Gasteiger partial charge on any atom is 0.0811 e. The van der Waals surface area contributed by atoms with Gasteiger partial charge in [-0.2, -0.15) is 0 Å². The molecule has 0 aromatic carbocycles. The molecule has 0 heterocycles. The van der Waals surface area contributed by atoms with Crippen LogP contribution in [0.4, 0.5) is 0 Å². The Morgan fingerprint density at radius 1 is 1.24 bits per heavy atom. The molecule has 3 aliphatic carbocycles. The molecule has 0 bridgehead atoms. The molecule has 6 atom stereocenters. The van der Waals surface area contributed by atoms with Gasteiger partial charge >= 0.3 is 0 Å². The van der Waals surface area contributed by atoms with Crippen LogP contribution < -0.4 is 0 Å². The zero-order valence-electron chi connectivity index (χ0n) is 19.0. The van der Waals surface area contributed by atoms with Gasteiger partial charge in [-0.3, -0.25) is 0 Å². The summed E-state index contributed by atoms with van der Waals surface area (Å²) in [6.07, 6.45) is 12.5. The molecule has 0 spiro atoms. The van der Waals surface area contributed by atoms with E-state index in [-0.39, 0.29) is 0 Å². The molecule has 3 rings (SSSR count). The topological polar surface area (TPSA) is 60.7 Å². The van der Waals surface area contributed by atoms with Crippen molar-refractivity contribution in [1.82, 2.24) is 0 Å². The predicted octanol–water partition coefficient (Wildman–Crippen LogP) is 5.31. The Morgan fingerprint density at radius 3 is 2.66 bits per heavy atom. The summed E-state index contributed by atoms with van der Waals surface area (Å²) < 4.78 is 0. The third kappa shape index (κ3) is 5.06. The van der Waals surface area contributed by atoms with E-state index < -0.39 is 17.8 Å². The lowest BCUT2D eigenvalue weighted by atomic mass is 9.60. The minimum Gasteiger partial charge on any atom is -0.393 e. The highest BCUT2D eigenvalue weighted by molar-refractivity contribution is 5.38. The molecule has 0 unspecified atom stereocenters. The third-order valence-corrected chi connectivity index (χ3v) is 8.20. The van der Waals surface area contributed by atoms with Crippen molar-refractivity contribution in [3.8, 4) is 0 Å². The van der Waals surface area contributed by atoms with Crippen LogP contribution in [0.1, 0.15) is 85.5 Å². The van der Waals surface area contributed by atoms with Crippen molar-refractivity contribution in [3.63, 3.8) is 0 Å². The van der Waals surface area contributed by atoms with Gasteiger partial charge in [-0.05, 0) is 99.5 Å². The first-order valence-electron chi connectivity index (χ1n) is 11.7. The van der Waals surface area contributed by atoms with Crippen LogP contribution in [0.2, 0.25) is 0 Å². The van der Waals surface area contributed by atoms with Gasteiger partial charge in [0.15, 0.2) is 0 Å². The normalized spacial score (nSPS) is 39.8. The van der Waals surface area contributed by atoms with Crippen LogP contribution >= 0.6 is 0 Å². The van der Waals surface area contributed by atoms with Crippen molar-refractivity contribution in [2.75, 3.05) is 0 Å². The fourth-order valence-corrected chi connectivity index (χ4v) is 6.46. The first-order chi connectivity index (χ1) is 13.5. The number of hydrogen-bond acceptors (Lipinski definition) is 3. The van der Waals surface area contributed by atoms with Crippen LogP contribution in [-0.2, 0) is 0 Å². The van der Waals surface area contributed by atoms with E-state index in [4.69, 9.17) is 0 Å². The van der Waals surface area contributed by atoms with Crippen molar-refractivity contribution >= 4 is 0 Å². The molecule has 0 saturated heterocycles. The van der Waals surface area contributed by atoms with E-state index in [0.717, 1.165) is 36.3 Å². The molecule has 0 amide bonds. The molecule has 3 saturated carbocycles. The Balaban J connectivity index is 1.75. The van der Waals surface area contributed by atoms with Gasteiger partial charge in [0, 0.05) is 6.42 Å². The van der Waals surface area contributed by atoms with Crippen LogP contribution in [0.25, 0.3) is 0 Å². The number of aliphatic hydroxyl groups excluding tert-OH is 2. The second-order valence-electron chi connectivity index (χ2n) is 11.0. The van der Waals surface area contributed by atoms with Crippen LogP contribution in [0, 0.1) is 23.2 Å². The van der Waals surface area contributed by atoms with E-state index in [0.29, 0.717) is 30.1 Å². The maximum atomic E-state index is 10.1. The molecule has 164 valence electrons. The molecule has 0 radical (unpaired) electrons. The minimum atomic E-state index is -0.618. The summed E-state index contributed by atoms with van der Waals surface area (Å²) in [4.78, 5) is 0. The van der Waals surface area contributed by atoms with Gasteiger partial charge in [0.25, 0.3) is 0 Å². The Kier molecular flexibility index (Phi) is 6.82. The molecule has 0 aromatic heterocycles. The van der Waals surface area contributed by atoms with Crippen LogP contribution in [0.5, 0.6) is 0 Å². The molecule has 3 N–H and O–H groups in total. The summed E-state index contributed by atoms with van der Waals surface area (Å²) in [5.74, 6) is 1.99. The highest BCUT2D eigenvalue weighted by atomic mass is 16.3. The fourth-order valence-electron chi connectivity index (χ4n) is 6.46. The number of allylic oxidation sites excluding steroid dienone is 3. The van der Waals surface area contributed by atoms with E-state index in [1.807, 2.05) is 13.8 Å². The Bertz CT molecular complexity index is 668. The van der Waals surface area contributed by atoms with Gasteiger partial charge in [0.1, 0.15) is 0 Å². The highest BCUT2D eigenvalue weighted by Crippen LogP contribution is 2.60. The third-order valence-electron chi connectivity index (χ3n) is 8.20. The minimum absolute atomic E-state index is 0.351. The molecule has 3 nitrogen and oxygen atoms in total. The van der Waals surface area contributed by atoms with E-state index in [1.54, 1.807) is 5.57 Å². The zero-order chi connectivity index (χ0) is 21.4. The zero-order valence-corrected chi connectivity index (χ0v) is 19.0. The fraction of sp³-hybridized carbons (Fsp3) is 0.769. The molecular weight excluding hydrogens is 360 g/mol. The van der Waals surface area contributed by atoms with Crippen molar-refractivity contribution < 1.29 is 15.3 Å². The average molecular weight is 403 g/mol. The summed E-state index contributed by atoms with van der Waals surface area (Å²) in [6.45, 7) is 12.8. The van der Waals surface area contributed by atoms with Crippen molar-refractivity contribution in [1.29, 1.82) is 0 Å². The first kappa shape index (κ1) is 22.8. The van der Waals surface area contributed by atoms with Gasteiger partial charge in [-0.1, -0.05) is 38.2 Å². The summed E-state index contributed by atoms with van der Waals surface area (Å²) in [5.41, 5.74) is 3.10. The molecule has 29 heavy (non-hydrogen) atoms. The molecule has 3 heteroatoms. The van der Waals surface area contributed by atoms with E-state index in [2.05, 4.69) is 32.6 Å². The van der Waals surface area contributed by atoms with Gasteiger partial charge < -0.3 is 15.3 Å². The summed E-state index contributed by atoms with van der Waals surface area (Å²) >= 11 is 0. The van der Waals surface area contributed by atoms with E-state index in [9.17, 15) is 15.3 Å². The number of aliphatic hydroxyl groups is 3. The van der Waals surface area contributed by atoms with Gasteiger partial charge in [-0.25, -0.2) is 0 Å². The summed E-state index contributed by atoms with van der Waals surface area (Å²) in [7, 11) is 0. The SMILES string of the molecule is C=C1/C(=C\C=C2/CCC[C@]3(C)[C@@H]([C@H](C)CCC(C)(C)O)CC[C@@H]23)C[C@@H](O)C[C@@H]1O. The number of rotatable bonds is 5. The standard InChI is InChI=1S/C26H42O3/c1-17(12-14-25(3,4)29)22-10-11-23-19(7-6-13-26(22,23)5)8-9-20-15-21(27)16-24(28)18(20)2/h8-9,17,21-24,27-29H,2,6-7,10-16H2,1,3-5H3/b19-8+,20-9-/t17-,21-,22-,23+,24+,26-/m1/s1. The maximum absolute atomic E-state index is 10.1. The van der Waals surface area contributed by atoms with Crippen LogP contribution in [0.3, 0.4) is 0 Å². The second-order valence-corrected chi connectivity index (χ2v) is 11.0. The quantitative estimate of drug-likeness (QED) is 0.584. The van der Waals surface area contributed by atoms with Crippen molar-refractivity contribution in [3.05, 3.63) is 35.5 Å². The smallest absolute Gasteiger partial charge is 0.0811 e. The molecule has 3 aliphatic rings. The monoisotopic (exact) mass is 402 g/mol. The van der Waals surface area contributed by atoms with Gasteiger partial charge in [0.05, 0.1) is 17.8 Å². The second kappa shape index (κ2) is 8.69. The van der Waals surface area contributed by atoms with E-state index >= 15 is 0 Å². The Morgan fingerprint density at radius 2 is 1.97 bits per heavy atom. The van der Waals surface area contributed by atoms with Gasteiger partial charge in [0.2, 0.25) is 0 Å². The summed E-state index contributed by atoms with van der Waals surface area (Å²) in [6, 6.07) is 0. The predicted molar refractivity (Wildman–Crippen MR) is 119 cm³/mol. The largest absolute Gasteiger partial charge is 0.393 e. The van der Waals surface area contributed by atoms with Crippen molar-refractivity contribution in [2.45, 2.75) is 103 Å². The number of hydrogen-bond donors (Lipinski definition) is 3. The Labute approximate surface area is 177 Å². The lowest BCUT2D eigenvalue weighted by Crippen LogP contribution is -2.36. The first-order valence-corrected chi connectivity index (χ1v) is 11.7. The molecule has 0 aliphatic heterocycles.